The van der Waals surface area contributed by atoms with Crippen LogP contribution in [0.5, 0.6) is 0 Å². The third-order valence-electron chi connectivity index (χ3n) is 6.20. The predicted molar refractivity (Wildman–Crippen MR) is 105 cm³/mol. The fraction of sp³-hybridized carbons (Fsp3) is 0.478. The average Bonchev–Trinajstić information content (AvgIpc) is 2.75. The van der Waals surface area contributed by atoms with Crippen molar-refractivity contribution in [2.24, 2.45) is 5.92 Å². The molecule has 0 saturated carbocycles. The number of piperidine rings is 1. The fourth-order valence-electron chi connectivity index (χ4n) is 4.74. The monoisotopic (exact) mass is 382 g/mol. The van der Waals surface area contributed by atoms with Gasteiger partial charge in [-0.15, -0.1) is 0 Å². The molecule has 148 valence electrons. The van der Waals surface area contributed by atoms with E-state index in [1.54, 1.807) is 18.3 Å². The van der Waals surface area contributed by atoms with E-state index in [0.29, 0.717) is 37.5 Å². The summed E-state index contributed by atoms with van der Waals surface area (Å²) >= 11 is 0. The molecule has 0 bridgehead atoms. The van der Waals surface area contributed by atoms with Gasteiger partial charge in [-0.25, -0.2) is 4.39 Å². The number of rotatable bonds is 4. The molecule has 2 fully saturated rings. The van der Waals surface area contributed by atoms with Gasteiger partial charge >= 0.3 is 0 Å². The van der Waals surface area contributed by atoms with Crippen LogP contribution in [0.15, 0.2) is 48.8 Å². The molecule has 1 atom stereocenters. The Morgan fingerprint density at radius 3 is 2.79 bits per heavy atom. The average molecular weight is 382 g/mol. The minimum absolute atomic E-state index is 0.0665. The molecular weight excluding hydrogens is 355 g/mol. The predicted octanol–water partition coefficient (Wildman–Crippen LogP) is 3.75. The van der Waals surface area contributed by atoms with Gasteiger partial charge in [-0.3, -0.25) is 9.78 Å². The highest BCUT2D eigenvalue weighted by Crippen LogP contribution is 2.39. The van der Waals surface area contributed by atoms with Crippen molar-refractivity contribution < 1.29 is 13.9 Å². The molecule has 1 aromatic heterocycles. The number of carbonyl (C=O) groups excluding carboxylic acids is 1. The lowest BCUT2D eigenvalue weighted by molar-refractivity contribution is -0.143. The van der Waals surface area contributed by atoms with Gasteiger partial charge in [0, 0.05) is 44.3 Å². The first-order valence-electron chi connectivity index (χ1n) is 10.2. The molecule has 2 aliphatic heterocycles. The van der Waals surface area contributed by atoms with Crippen molar-refractivity contribution in [1.29, 1.82) is 0 Å². The molecule has 2 aliphatic rings. The SMILES string of the molecule is O=C(N1CCC[C@@H](Cc2cccnc2)C1)C1(c2ccccc2F)CCOCC1. The standard InChI is InChI=1S/C23H27FN2O2/c24-21-8-2-1-7-20(21)23(9-13-28-14-10-23)22(27)26-12-4-6-19(17-26)15-18-5-3-11-25-16-18/h1-3,5,7-8,11,16,19H,4,6,9-10,12-15,17H2/t19-/m0/s1. The van der Waals surface area contributed by atoms with Crippen molar-refractivity contribution in [1.82, 2.24) is 9.88 Å². The maximum absolute atomic E-state index is 14.7. The van der Waals surface area contributed by atoms with E-state index in [1.165, 1.54) is 11.6 Å². The van der Waals surface area contributed by atoms with Crippen molar-refractivity contribution in [3.05, 3.63) is 65.7 Å². The Labute approximate surface area is 165 Å². The second kappa shape index (κ2) is 8.39. The zero-order valence-corrected chi connectivity index (χ0v) is 16.1. The molecule has 5 heteroatoms. The first kappa shape index (κ1) is 19.1. The van der Waals surface area contributed by atoms with E-state index in [2.05, 4.69) is 11.1 Å². The summed E-state index contributed by atoms with van der Waals surface area (Å²) in [6.45, 7) is 2.46. The van der Waals surface area contributed by atoms with Crippen molar-refractivity contribution in [3.8, 4) is 0 Å². The lowest BCUT2D eigenvalue weighted by atomic mass is 9.72. The number of nitrogens with zero attached hydrogens (tertiary/aromatic N) is 2. The first-order chi connectivity index (χ1) is 13.7. The van der Waals surface area contributed by atoms with Crippen molar-refractivity contribution in [3.63, 3.8) is 0 Å². The second-order valence-corrected chi connectivity index (χ2v) is 8.00. The van der Waals surface area contributed by atoms with E-state index in [4.69, 9.17) is 4.74 Å². The van der Waals surface area contributed by atoms with E-state index >= 15 is 0 Å². The number of likely N-dealkylation sites (tertiary alicyclic amines) is 1. The molecule has 0 N–H and O–H groups in total. The zero-order chi connectivity index (χ0) is 19.4. The van der Waals surface area contributed by atoms with Gasteiger partial charge in [-0.1, -0.05) is 24.3 Å². The third kappa shape index (κ3) is 3.81. The molecule has 4 rings (SSSR count). The minimum atomic E-state index is -0.806. The first-order valence-corrected chi connectivity index (χ1v) is 10.2. The van der Waals surface area contributed by atoms with Crippen LogP contribution in [0, 0.1) is 11.7 Å². The number of amides is 1. The largest absolute Gasteiger partial charge is 0.381 e. The van der Waals surface area contributed by atoms with Gasteiger partial charge in [0.2, 0.25) is 5.91 Å². The van der Waals surface area contributed by atoms with Gasteiger partial charge in [-0.2, -0.15) is 0 Å². The van der Waals surface area contributed by atoms with Crippen molar-refractivity contribution >= 4 is 5.91 Å². The summed E-state index contributed by atoms with van der Waals surface area (Å²) in [7, 11) is 0. The Kier molecular flexibility index (Phi) is 5.72. The summed E-state index contributed by atoms with van der Waals surface area (Å²) in [5.74, 6) is 0.192. The Hall–Kier alpha value is -2.27. The molecule has 0 radical (unpaired) electrons. The van der Waals surface area contributed by atoms with E-state index in [9.17, 15) is 9.18 Å². The Balaban J connectivity index is 1.56. The van der Waals surface area contributed by atoms with Gasteiger partial charge < -0.3 is 9.64 Å². The molecule has 3 heterocycles. The van der Waals surface area contributed by atoms with Crippen molar-refractivity contribution in [2.75, 3.05) is 26.3 Å². The number of pyridine rings is 1. The molecule has 1 amide bonds. The fourth-order valence-corrected chi connectivity index (χ4v) is 4.74. The van der Waals surface area contributed by atoms with Crippen LogP contribution < -0.4 is 0 Å². The van der Waals surface area contributed by atoms with Crippen LogP contribution in [0.2, 0.25) is 0 Å². The van der Waals surface area contributed by atoms with Crippen LogP contribution in [-0.4, -0.2) is 42.1 Å². The zero-order valence-electron chi connectivity index (χ0n) is 16.1. The molecule has 0 aliphatic carbocycles. The summed E-state index contributed by atoms with van der Waals surface area (Å²) in [6, 6.07) is 10.8. The maximum atomic E-state index is 14.7. The van der Waals surface area contributed by atoms with Crippen LogP contribution in [0.1, 0.15) is 36.8 Å². The highest BCUT2D eigenvalue weighted by Gasteiger charge is 2.46. The summed E-state index contributed by atoms with van der Waals surface area (Å²) in [4.78, 5) is 19.9. The van der Waals surface area contributed by atoms with Crippen LogP contribution in [0.3, 0.4) is 0 Å². The van der Waals surface area contributed by atoms with Crippen LogP contribution >= 0.6 is 0 Å². The smallest absolute Gasteiger partial charge is 0.233 e. The van der Waals surface area contributed by atoms with Gasteiger partial charge in [0.1, 0.15) is 5.82 Å². The summed E-state index contributed by atoms with van der Waals surface area (Å²) in [5, 5.41) is 0. The maximum Gasteiger partial charge on any atom is 0.233 e. The Bertz CT molecular complexity index is 805. The quantitative estimate of drug-likeness (QED) is 0.809. The van der Waals surface area contributed by atoms with Gasteiger partial charge in [-0.05, 0) is 55.7 Å². The van der Waals surface area contributed by atoms with Crippen LogP contribution in [-0.2, 0) is 21.4 Å². The number of aromatic nitrogens is 1. The minimum Gasteiger partial charge on any atom is -0.381 e. The highest BCUT2D eigenvalue weighted by molar-refractivity contribution is 5.88. The van der Waals surface area contributed by atoms with Gasteiger partial charge in [0.15, 0.2) is 0 Å². The Morgan fingerprint density at radius 2 is 2.04 bits per heavy atom. The number of ether oxygens (including phenoxy) is 1. The van der Waals surface area contributed by atoms with E-state index < -0.39 is 5.41 Å². The lowest BCUT2D eigenvalue weighted by Crippen LogP contribution is -2.53. The lowest BCUT2D eigenvalue weighted by Gasteiger charge is -2.43. The molecular formula is C23H27FN2O2. The third-order valence-corrected chi connectivity index (χ3v) is 6.20. The normalized spacial score (nSPS) is 22.0. The molecule has 4 nitrogen and oxygen atoms in total. The molecule has 2 saturated heterocycles. The molecule has 28 heavy (non-hydrogen) atoms. The van der Waals surface area contributed by atoms with Crippen LogP contribution in [0.25, 0.3) is 0 Å². The molecule has 1 aromatic carbocycles. The summed E-state index contributed by atoms with van der Waals surface area (Å²) in [5.41, 5.74) is 0.925. The number of carbonyl (C=O) groups is 1. The number of hydrogen-bond acceptors (Lipinski definition) is 3. The number of hydrogen-bond donors (Lipinski definition) is 0. The van der Waals surface area contributed by atoms with Gasteiger partial charge in [0.05, 0.1) is 5.41 Å². The number of benzene rings is 1. The van der Waals surface area contributed by atoms with E-state index in [0.717, 1.165) is 32.4 Å². The van der Waals surface area contributed by atoms with E-state index in [1.807, 2.05) is 23.2 Å². The Morgan fingerprint density at radius 1 is 1.21 bits per heavy atom. The molecule has 0 spiro atoms. The van der Waals surface area contributed by atoms with Crippen LogP contribution in [0.4, 0.5) is 4.39 Å². The molecule has 2 aromatic rings. The van der Waals surface area contributed by atoms with Crippen molar-refractivity contribution in [2.45, 2.75) is 37.5 Å². The van der Waals surface area contributed by atoms with E-state index in [-0.39, 0.29) is 11.7 Å². The molecule has 0 unspecified atom stereocenters. The highest BCUT2D eigenvalue weighted by atomic mass is 19.1. The second-order valence-electron chi connectivity index (χ2n) is 8.00. The topological polar surface area (TPSA) is 42.4 Å². The number of halogens is 1. The summed E-state index contributed by atoms with van der Waals surface area (Å²) in [6.07, 6.45) is 7.78. The summed E-state index contributed by atoms with van der Waals surface area (Å²) < 4.78 is 20.2. The van der Waals surface area contributed by atoms with Gasteiger partial charge in [0.25, 0.3) is 0 Å².